The summed E-state index contributed by atoms with van der Waals surface area (Å²) in [4.78, 5) is 4.36. The van der Waals surface area contributed by atoms with Crippen LogP contribution in [0, 0.1) is 6.20 Å². The molecule has 2 aromatic rings. The van der Waals surface area contributed by atoms with Crippen LogP contribution < -0.4 is 0 Å². The van der Waals surface area contributed by atoms with Gasteiger partial charge in [0.1, 0.15) is 5.65 Å². The number of pyridine rings is 1. The first-order valence-electron chi connectivity index (χ1n) is 3.85. The van der Waals surface area contributed by atoms with E-state index in [2.05, 4.69) is 34.0 Å². The highest BCUT2D eigenvalue weighted by Gasteiger charge is 1.99. The summed E-state index contributed by atoms with van der Waals surface area (Å²) >= 11 is 3.39. The van der Waals surface area contributed by atoms with Gasteiger partial charge in [0.15, 0.2) is 0 Å². The van der Waals surface area contributed by atoms with Gasteiger partial charge in [-0.25, -0.2) is 4.98 Å². The van der Waals surface area contributed by atoms with Gasteiger partial charge in [-0.05, 0) is 34.5 Å². The fourth-order valence-corrected chi connectivity index (χ4v) is 1.44. The molecule has 0 spiro atoms. The zero-order valence-electron chi connectivity index (χ0n) is 6.71. The molecule has 0 bridgehead atoms. The molecule has 0 saturated heterocycles. The van der Waals surface area contributed by atoms with Gasteiger partial charge in [0.05, 0.1) is 11.9 Å². The number of hydrogen-bond acceptors (Lipinski definition) is 1. The molecule has 0 aromatic carbocycles. The lowest BCUT2D eigenvalue weighted by Crippen LogP contribution is -1.80. The Balaban J connectivity index is 2.67. The van der Waals surface area contributed by atoms with Crippen molar-refractivity contribution < 1.29 is 0 Å². The minimum Gasteiger partial charge on any atom is -0.297 e. The molecule has 0 saturated carbocycles. The molecule has 3 heteroatoms. The van der Waals surface area contributed by atoms with E-state index in [0.717, 1.165) is 22.2 Å². The van der Waals surface area contributed by atoms with Gasteiger partial charge in [-0.3, -0.25) is 4.40 Å². The van der Waals surface area contributed by atoms with Gasteiger partial charge in [0, 0.05) is 10.7 Å². The van der Waals surface area contributed by atoms with Gasteiger partial charge in [-0.2, -0.15) is 0 Å². The summed E-state index contributed by atoms with van der Waals surface area (Å²) in [5.74, 6) is 0. The van der Waals surface area contributed by atoms with Crippen molar-refractivity contribution in [3.63, 3.8) is 0 Å². The van der Waals surface area contributed by atoms with Crippen molar-refractivity contribution >= 4 is 21.6 Å². The molecule has 0 fully saturated rings. The van der Waals surface area contributed by atoms with Gasteiger partial charge >= 0.3 is 0 Å². The van der Waals surface area contributed by atoms with Crippen molar-refractivity contribution in [3.05, 3.63) is 34.7 Å². The first kappa shape index (κ1) is 7.80. The van der Waals surface area contributed by atoms with Crippen LogP contribution in [0.25, 0.3) is 5.65 Å². The van der Waals surface area contributed by atoms with Gasteiger partial charge in [0.2, 0.25) is 0 Å². The van der Waals surface area contributed by atoms with E-state index < -0.39 is 0 Å². The first-order chi connectivity index (χ1) is 5.79. The molecule has 2 rings (SSSR count). The standard InChI is InChI=1S/C9H8BrN2/c1-2-8-6-12-5-7(10)3-4-9(12)11-8/h3-5H,2H2,1H3. The molecule has 0 aliphatic rings. The van der Waals surface area contributed by atoms with E-state index >= 15 is 0 Å². The zero-order valence-corrected chi connectivity index (χ0v) is 8.30. The quantitative estimate of drug-likeness (QED) is 0.727. The highest BCUT2D eigenvalue weighted by atomic mass is 79.9. The van der Waals surface area contributed by atoms with E-state index in [1.807, 2.05) is 22.7 Å². The van der Waals surface area contributed by atoms with Crippen molar-refractivity contribution in [2.75, 3.05) is 0 Å². The van der Waals surface area contributed by atoms with Crippen LogP contribution in [0.3, 0.4) is 0 Å². The lowest BCUT2D eigenvalue weighted by atomic mass is 10.4. The smallest absolute Gasteiger partial charge is 0.137 e. The maximum Gasteiger partial charge on any atom is 0.137 e. The van der Waals surface area contributed by atoms with Crippen molar-refractivity contribution in [2.45, 2.75) is 13.3 Å². The van der Waals surface area contributed by atoms with E-state index in [4.69, 9.17) is 0 Å². The molecule has 61 valence electrons. The Morgan fingerprint density at radius 3 is 3.17 bits per heavy atom. The minimum atomic E-state index is 0.930. The van der Waals surface area contributed by atoms with Crippen LogP contribution in [0.2, 0.25) is 0 Å². The molecule has 2 heterocycles. The van der Waals surface area contributed by atoms with E-state index in [1.54, 1.807) is 0 Å². The summed E-state index contributed by atoms with van der Waals surface area (Å²) in [7, 11) is 0. The highest BCUT2D eigenvalue weighted by molar-refractivity contribution is 9.10. The van der Waals surface area contributed by atoms with E-state index in [9.17, 15) is 0 Å². The first-order valence-corrected chi connectivity index (χ1v) is 4.64. The Hall–Kier alpha value is -0.830. The average molecular weight is 224 g/mol. The molecule has 1 radical (unpaired) electrons. The summed E-state index contributed by atoms with van der Waals surface area (Å²) in [5, 5.41) is 0. The summed E-state index contributed by atoms with van der Waals surface area (Å²) in [6, 6.07) is 3.95. The Bertz CT molecular complexity index is 406. The summed E-state index contributed by atoms with van der Waals surface area (Å²) in [6.07, 6.45) is 6.05. The van der Waals surface area contributed by atoms with Crippen molar-refractivity contribution in [1.82, 2.24) is 9.38 Å². The number of rotatable bonds is 1. The second kappa shape index (κ2) is 2.90. The molecule has 12 heavy (non-hydrogen) atoms. The number of aromatic nitrogens is 2. The maximum absolute atomic E-state index is 4.36. The molecule has 0 N–H and O–H groups in total. The monoisotopic (exact) mass is 223 g/mol. The lowest BCUT2D eigenvalue weighted by molar-refractivity contribution is 1.06. The zero-order chi connectivity index (χ0) is 8.55. The molecule has 0 amide bonds. The van der Waals surface area contributed by atoms with Gasteiger partial charge in [-0.15, -0.1) is 0 Å². The van der Waals surface area contributed by atoms with Crippen molar-refractivity contribution in [1.29, 1.82) is 0 Å². The van der Waals surface area contributed by atoms with Crippen molar-refractivity contribution in [2.24, 2.45) is 0 Å². The van der Waals surface area contributed by atoms with Crippen LogP contribution in [-0.4, -0.2) is 9.38 Å². The Morgan fingerprint density at radius 2 is 2.42 bits per heavy atom. The predicted molar refractivity (Wildman–Crippen MR) is 51.1 cm³/mol. The number of halogens is 1. The summed E-state index contributed by atoms with van der Waals surface area (Å²) < 4.78 is 2.95. The largest absolute Gasteiger partial charge is 0.297 e. The fourth-order valence-electron chi connectivity index (χ4n) is 1.11. The Labute approximate surface area is 79.4 Å². The average Bonchev–Trinajstić information content (AvgIpc) is 2.46. The topological polar surface area (TPSA) is 17.3 Å². The second-order valence-corrected chi connectivity index (χ2v) is 3.52. The van der Waals surface area contributed by atoms with Gasteiger partial charge < -0.3 is 0 Å². The van der Waals surface area contributed by atoms with Crippen LogP contribution in [-0.2, 0) is 6.42 Å². The second-order valence-electron chi connectivity index (χ2n) is 2.60. The highest BCUT2D eigenvalue weighted by Crippen LogP contribution is 2.11. The third-order valence-electron chi connectivity index (χ3n) is 1.72. The molecule has 0 atom stereocenters. The van der Waals surface area contributed by atoms with Crippen LogP contribution in [0.1, 0.15) is 12.6 Å². The number of hydrogen-bond donors (Lipinski definition) is 0. The Morgan fingerprint density at radius 1 is 1.58 bits per heavy atom. The molecular formula is C9H8BrN2. The molecule has 2 aromatic heterocycles. The fraction of sp³-hybridized carbons (Fsp3) is 0.222. The number of imidazole rings is 1. The Kier molecular flexibility index (Phi) is 1.89. The summed E-state index contributed by atoms with van der Waals surface area (Å²) in [5.41, 5.74) is 1.96. The van der Waals surface area contributed by atoms with Gasteiger partial charge in [-0.1, -0.05) is 6.92 Å². The predicted octanol–water partition coefficient (Wildman–Crippen LogP) is 2.46. The third-order valence-corrected chi connectivity index (χ3v) is 2.19. The molecule has 0 aliphatic carbocycles. The number of fused-ring (bicyclic) bond motifs is 1. The SMILES string of the molecule is CCc1[c]n2cc(Br)ccc2n1. The van der Waals surface area contributed by atoms with Crippen LogP contribution >= 0.6 is 15.9 Å². The minimum absolute atomic E-state index is 0.930. The normalized spacial score (nSPS) is 10.8. The molecule has 0 aliphatic heterocycles. The van der Waals surface area contributed by atoms with Crippen molar-refractivity contribution in [3.8, 4) is 0 Å². The van der Waals surface area contributed by atoms with E-state index in [0.29, 0.717) is 0 Å². The molecule has 0 unspecified atom stereocenters. The molecular weight excluding hydrogens is 216 g/mol. The van der Waals surface area contributed by atoms with Crippen LogP contribution in [0.4, 0.5) is 0 Å². The molecule has 2 nitrogen and oxygen atoms in total. The maximum atomic E-state index is 4.36. The number of aryl methyl sites for hydroxylation is 1. The van der Waals surface area contributed by atoms with E-state index in [1.165, 1.54) is 0 Å². The van der Waals surface area contributed by atoms with E-state index in [-0.39, 0.29) is 0 Å². The van der Waals surface area contributed by atoms with Gasteiger partial charge in [0.25, 0.3) is 0 Å². The van der Waals surface area contributed by atoms with Crippen LogP contribution in [0.5, 0.6) is 0 Å². The number of nitrogens with zero attached hydrogens (tertiary/aromatic N) is 2. The van der Waals surface area contributed by atoms with Crippen LogP contribution in [0.15, 0.2) is 22.8 Å². The lowest BCUT2D eigenvalue weighted by Gasteiger charge is -1.91. The summed E-state index contributed by atoms with van der Waals surface area (Å²) in [6.45, 7) is 2.08. The third kappa shape index (κ3) is 1.25.